The Morgan fingerprint density at radius 2 is 1.53 bits per heavy atom. The number of nitrogens with one attached hydrogen (secondary N) is 2. The first-order valence-corrected chi connectivity index (χ1v) is 7.41. The van der Waals surface area contributed by atoms with Gasteiger partial charge in [-0.1, -0.05) is 32.1 Å². The summed E-state index contributed by atoms with van der Waals surface area (Å²) in [5.41, 5.74) is 0. The molecule has 4 heteroatoms. The molecule has 2 aliphatic rings. The lowest BCUT2D eigenvalue weighted by Crippen LogP contribution is -2.51. The Morgan fingerprint density at radius 3 is 2.24 bits per heavy atom. The van der Waals surface area contributed by atoms with Crippen LogP contribution in [0.1, 0.15) is 57.8 Å². The van der Waals surface area contributed by atoms with Crippen molar-refractivity contribution in [2.75, 3.05) is 0 Å². The van der Waals surface area contributed by atoms with Gasteiger partial charge in [0.15, 0.2) is 5.11 Å². The summed E-state index contributed by atoms with van der Waals surface area (Å²) in [6, 6.07) is 0.705. The molecular weight excluding hydrogens is 232 g/mol. The predicted molar refractivity (Wildman–Crippen MR) is 74.0 cm³/mol. The van der Waals surface area contributed by atoms with Gasteiger partial charge in [-0.25, -0.2) is 0 Å². The van der Waals surface area contributed by atoms with Crippen LogP contribution in [0.3, 0.4) is 0 Å². The zero-order chi connectivity index (χ0) is 12.1. The molecule has 2 atom stereocenters. The van der Waals surface area contributed by atoms with Crippen molar-refractivity contribution in [2.24, 2.45) is 0 Å². The lowest BCUT2D eigenvalue weighted by atomic mass is 9.92. The number of hydrogen-bond donors (Lipinski definition) is 3. The summed E-state index contributed by atoms with van der Waals surface area (Å²) in [6.45, 7) is 0. The minimum Gasteiger partial charge on any atom is -0.391 e. The van der Waals surface area contributed by atoms with Gasteiger partial charge in [0.05, 0.1) is 12.1 Å². The molecule has 0 aliphatic heterocycles. The van der Waals surface area contributed by atoms with Gasteiger partial charge in [0, 0.05) is 6.04 Å². The largest absolute Gasteiger partial charge is 0.391 e. The highest BCUT2D eigenvalue weighted by molar-refractivity contribution is 7.80. The Hall–Kier alpha value is -0.350. The van der Waals surface area contributed by atoms with Gasteiger partial charge in [-0.05, 0) is 37.9 Å². The Bertz CT molecular complexity index is 254. The summed E-state index contributed by atoms with van der Waals surface area (Å²) in [5, 5.41) is 17.3. The van der Waals surface area contributed by atoms with Crippen molar-refractivity contribution in [3.05, 3.63) is 0 Å². The quantitative estimate of drug-likeness (QED) is 0.662. The van der Waals surface area contributed by atoms with E-state index in [1.54, 1.807) is 0 Å². The Kier molecular flexibility index (Phi) is 5.04. The lowest BCUT2D eigenvalue weighted by Gasteiger charge is -2.31. The number of hydrogen-bond acceptors (Lipinski definition) is 2. The third kappa shape index (κ3) is 4.11. The van der Waals surface area contributed by atoms with E-state index in [9.17, 15) is 5.11 Å². The molecule has 0 bridgehead atoms. The second-order valence-electron chi connectivity index (χ2n) is 5.41. The number of thiocarbonyl (C=S) groups is 1. The molecule has 2 aliphatic carbocycles. The van der Waals surface area contributed by atoms with Gasteiger partial charge in [0.25, 0.3) is 0 Å². The zero-order valence-corrected chi connectivity index (χ0v) is 11.3. The molecule has 3 nitrogen and oxygen atoms in total. The summed E-state index contributed by atoms with van der Waals surface area (Å²) >= 11 is 5.34. The number of aliphatic hydroxyl groups excluding tert-OH is 1. The standard InChI is InChI=1S/C13H24N2OS/c16-12-9-5-4-8-11(12)15-13(17)14-10-6-2-1-3-7-10/h10-12,16H,1-9H2,(H2,14,15,17)/t11-,12-/m0/s1. The molecule has 2 rings (SSSR count). The molecule has 2 saturated carbocycles. The van der Waals surface area contributed by atoms with Crippen molar-refractivity contribution in [2.45, 2.75) is 76.0 Å². The van der Waals surface area contributed by atoms with Crippen LogP contribution in [0, 0.1) is 0 Å². The molecule has 0 heterocycles. The first kappa shape index (κ1) is 13.1. The van der Waals surface area contributed by atoms with E-state index in [1.807, 2.05) is 0 Å². The summed E-state index contributed by atoms with van der Waals surface area (Å²) in [5.74, 6) is 0. The first-order chi connectivity index (χ1) is 8.25. The Morgan fingerprint density at radius 1 is 0.882 bits per heavy atom. The van der Waals surface area contributed by atoms with Crippen LogP contribution in [0.4, 0.5) is 0 Å². The molecule has 0 spiro atoms. The first-order valence-electron chi connectivity index (χ1n) is 7.01. The summed E-state index contributed by atoms with van der Waals surface area (Å²) in [6.07, 6.45) is 10.5. The number of aliphatic hydroxyl groups is 1. The smallest absolute Gasteiger partial charge is 0.166 e. The van der Waals surface area contributed by atoms with Crippen molar-refractivity contribution >= 4 is 17.3 Å². The van der Waals surface area contributed by atoms with E-state index in [1.165, 1.54) is 38.5 Å². The minimum absolute atomic E-state index is 0.160. The highest BCUT2D eigenvalue weighted by Gasteiger charge is 2.24. The molecule has 0 aromatic carbocycles. The van der Waals surface area contributed by atoms with Crippen LogP contribution >= 0.6 is 12.2 Å². The van der Waals surface area contributed by atoms with Crippen molar-refractivity contribution < 1.29 is 5.11 Å². The van der Waals surface area contributed by atoms with Gasteiger partial charge in [-0.2, -0.15) is 0 Å². The molecule has 0 unspecified atom stereocenters. The van der Waals surface area contributed by atoms with Crippen LogP contribution in [0.2, 0.25) is 0 Å². The van der Waals surface area contributed by atoms with Crippen LogP contribution in [-0.2, 0) is 0 Å². The van der Waals surface area contributed by atoms with Crippen molar-refractivity contribution in [1.29, 1.82) is 0 Å². The van der Waals surface area contributed by atoms with Gasteiger partial charge in [-0.3, -0.25) is 0 Å². The number of rotatable bonds is 2. The van der Waals surface area contributed by atoms with Gasteiger partial charge in [-0.15, -0.1) is 0 Å². The summed E-state index contributed by atoms with van der Waals surface area (Å²) in [4.78, 5) is 0. The maximum absolute atomic E-state index is 9.87. The average molecular weight is 256 g/mol. The van der Waals surface area contributed by atoms with E-state index in [0.717, 1.165) is 24.4 Å². The molecule has 0 amide bonds. The highest BCUT2D eigenvalue weighted by atomic mass is 32.1. The third-order valence-corrected chi connectivity index (χ3v) is 4.22. The van der Waals surface area contributed by atoms with E-state index in [0.29, 0.717) is 6.04 Å². The van der Waals surface area contributed by atoms with E-state index in [-0.39, 0.29) is 12.1 Å². The molecular formula is C13H24N2OS. The molecule has 0 aromatic heterocycles. The third-order valence-electron chi connectivity index (χ3n) is 3.99. The average Bonchev–Trinajstić information content (AvgIpc) is 2.33. The van der Waals surface area contributed by atoms with Crippen molar-refractivity contribution in [1.82, 2.24) is 10.6 Å². The molecule has 2 fully saturated rings. The van der Waals surface area contributed by atoms with Crippen LogP contribution in [0.25, 0.3) is 0 Å². The molecule has 0 radical (unpaired) electrons. The predicted octanol–water partition coefficient (Wildman–Crippen LogP) is 2.09. The van der Waals surface area contributed by atoms with E-state index < -0.39 is 0 Å². The molecule has 17 heavy (non-hydrogen) atoms. The maximum atomic E-state index is 9.87. The van der Waals surface area contributed by atoms with Crippen LogP contribution in [0.5, 0.6) is 0 Å². The molecule has 0 saturated heterocycles. The molecule has 98 valence electrons. The Balaban J connectivity index is 1.72. The van der Waals surface area contributed by atoms with Gasteiger partial charge in [0.2, 0.25) is 0 Å². The molecule has 0 aromatic rings. The zero-order valence-electron chi connectivity index (χ0n) is 10.5. The fourth-order valence-corrected chi connectivity index (χ4v) is 3.24. The van der Waals surface area contributed by atoms with Gasteiger partial charge in [0.1, 0.15) is 0 Å². The topological polar surface area (TPSA) is 44.3 Å². The highest BCUT2D eigenvalue weighted by Crippen LogP contribution is 2.19. The maximum Gasteiger partial charge on any atom is 0.166 e. The second-order valence-corrected chi connectivity index (χ2v) is 5.82. The summed E-state index contributed by atoms with van der Waals surface area (Å²) < 4.78 is 0. The fourth-order valence-electron chi connectivity index (χ4n) is 2.92. The summed E-state index contributed by atoms with van der Waals surface area (Å²) in [7, 11) is 0. The van der Waals surface area contributed by atoms with E-state index in [2.05, 4.69) is 10.6 Å². The Labute approximate surface area is 109 Å². The van der Waals surface area contributed by atoms with Crippen LogP contribution < -0.4 is 10.6 Å². The van der Waals surface area contributed by atoms with Crippen LogP contribution in [0.15, 0.2) is 0 Å². The van der Waals surface area contributed by atoms with Crippen molar-refractivity contribution in [3.8, 4) is 0 Å². The van der Waals surface area contributed by atoms with Crippen LogP contribution in [-0.4, -0.2) is 28.4 Å². The van der Waals surface area contributed by atoms with Gasteiger partial charge < -0.3 is 15.7 Å². The van der Waals surface area contributed by atoms with Gasteiger partial charge >= 0.3 is 0 Å². The molecule has 3 N–H and O–H groups in total. The van der Waals surface area contributed by atoms with E-state index in [4.69, 9.17) is 12.2 Å². The fraction of sp³-hybridized carbons (Fsp3) is 0.923. The SMILES string of the molecule is O[C@H]1CCCC[C@@H]1NC(=S)NC1CCCCC1. The second kappa shape index (κ2) is 6.55. The van der Waals surface area contributed by atoms with E-state index >= 15 is 0 Å². The van der Waals surface area contributed by atoms with Crippen molar-refractivity contribution in [3.63, 3.8) is 0 Å². The lowest BCUT2D eigenvalue weighted by molar-refractivity contribution is 0.0995. The monoisotopic (exact) mass is 256 g/mol. The normalized spacial score (nSPS) is 30.9. The minimum atomic E-state index is -0.227.